The van der Waals surface area contributed by atoms with E-state index in [0.29, 0.717) is 0 Å². The Hall–Kier alpha value is -2.29. The monoisotopic (exact) mass is 283 g/mol. The van der Waals surface area contributed by atoms with Crippen LogP contribution in [0.1, 0.15) is 28.3 Å². The van der Waals surface area contributed by atoms with E-state index >= 15 is 0 Å². The van der Waals surface area contributed by atoms with Gasteiger partial charge in [-0.2, -0.15) is 0 Å². The number of anilines is 1. The molecule has 0 spiro atoms. The number of carbonyl (C=O) groups is 1. The highest BCUT2D eigenvalue weighted by molar-refractivity contribution is 5.81. The van der Waals surface area contributed by atoms with Gasteiger partial charge in [0.1, 0.15) is 0 Å². The van der Waals surface area contributed by atoms with Crippen LogP contribution in [0.5, 0.6) is 0 Å². The van der Waals surface area contributed by atoms with E-state index in [1.165, 1.54) is 18.2 Å². The van der Waals surface area contributed by atoms with Crippen molar-refractivity contribution in [1.29, 1.82) is 0 Å². The van der Waals surface area contributed by atoms with Crippen LogP contribution in [0, 0.1) is 20.8 Å². The average Bonchev–Trinajstić information content (AvgIpc) is 2.49. The molecule has 0 aliphatic rings. The molecule has 1 unspecified atom stereocenters. The third-order valence-corrected chi connectivity index (χ3v) is 3.66. The Kier molecular flexibility index (Phi) is 4.63. The Morgan fingerprint density at radius 3 is 2.24 bits per heavy atom. The van der Waals surface area contributed by atoms with Gasteiger partial charge in [-0.25, -0.2) is 4.79 Å². The maximum absolute atomic E-state index is 12.1. The van der Waals surface area contributed by atoms with Crippen LogP contribution in [-0.4, -0.2) is 13.1 Å². The molecule has 0 aromatic heterocycles. The summed E-state index contributed by atoms with van der Waals surface area (Å²) >= 11 is 0. The maximum atomic E-state index is 12.1. The number of aryl methyl sites for hydroxylation is 3. The van der Waals surface area contributed by atoms with E-state index in [0.717, 1.165) is 16.8 Å². The van der Waals surface area contributed by atoms with E-state index in [1.54, 1.807) is 0 Å². The molecule has 1 N–H and O–H groups in total. The fourth-order valence-electron chi connectivity index (χ4n) is 2.16. The van der Waals surface area contributed by atoms with Gasteiger partial charge in [0, 0.05) is 5.69 Å². The summed E-state index contributed by atoms with van der Waals surface area (Å²) in [6, 6.07) is 13.5. The number of carbonyl (C=O) groups excluding carboxylic acids is 1. The van der Waals surface area contributed by atoms with E-state index < -0.39 is 6.04 Å². The molecule has 2 aromatic rings. The number of esters is 1. The van der Waals surface area contributed by atoms with E-state index in [9.17, 15) is 4.79 Å². The second kappa shape index (κ2) is 6.44. The molecule has 0 saturated carbocycles. The van der Waals surface area contributed by atoms with Crippen molar-refractivity contribution in [3.63, 3.8) is 0 Å². The molecule has 0 bridgehead atoms. The first-order chi connectivity index (χ1) is 10.0. The summed E-state index contributed by atoms with van der Waals surface area (Å²) in [4.78, 5) is 12.1. The minimum absolute atomic E-state index is 0.293. The SMILES string of the molecule is COC(=O)C(Nc1ccc(C)cc1)c1ccc(C)c(C)c1. The lowest BCUT2D eigenvalue weighted by atomic mass is 10.0. The average molecular weight is 283 g/mol. The van der Waals surface area contributed by atoms with E-state index in [4.69, 9.17) is 4.74 Å². The Labute approximate surface area is 126 Å². The summed E-state index contributed by atoms with van der Waals surface area (Å²) in [5, 5.41) is 3.25. The highest BCUT2D eigenvalue weighted by Crippen LogP contribution is 2.23. The second-order valence-corrected chi connectivity index (χ2v) is 5.31. The van der Waals surface area contributed by atoms with Crippen molar-refractivity contribution >= 4 is 11.7 Å². The minimum atomic E-state index is -0.503. The molecule has 0 heterocycles. The fourth-order valence-corrected chi connectivity index (χ4v) is 2.16. The van der Waals surface area contributed by atoms with Crippen molar-refractivity contribution in [1.82, 2.24) is 0 Å². The molecule has 3 nitrogen and oxygen atoms in total. The highest BCUT2D eigenvalue weighted by atomic mass is 16.5. The Bertz CT molecular complexity index is 632. The van der Waals surface area contributed by atoms with Gasteiger partial charge in [0.15, 0.2) is 6.04 Å². The van der Waals surface area contributed by atoms with Gasteiger partial charge in [0.25, 0.3) is 0 Å². The van der Waals surface area contributed by atoms with Crippen LogP contribution in [0.2, 0.25) is 0 Å². The number of hydrogen-bond donors (Lipinski definition) is 1. The number of ether oxygens (including phenoxy) is 1. The van der Waals surface area contributed by atoms with Gasteiger partial charge >= 0.3 is 5.97 Å². The predicted octanol–water partition coefficient (Wildman–Crippen LogP) is 3.94. The van der Waals surface area contributed by atoms with Crippen LogP contribution in [0.25, 0.3) is 0 Å². The molecule has 2 aromatic carbocycles. The molecular weight excluding hydrogens is 262 g/mol. The molecule has 1 atom stereocenters. The van der Waals surface area contributed by atoms with Crippen molar-refractivity contribution in [3.05, 3.63) is 64.7 Å². The number of rotatable bonds is 4. The van der Waals surface area contributed by atoms with Gasteiger partial charge in [-0.05, 0) is 49.6 Å². The molecular formula is C18H21NO2. The topological polar surface area (TPSA) is 38.3 Å². The van der Waals surface area contributed by atoms with Crippen LogP contribution in [0.4, 0.5) is 5.69 Å². The minimum Gasteiger partial charge on any atom is -0.467 e. The summed E-state index contributed by atoms with van der Waals surface area (Å²) in [7, 11) is 1.41. The van der Waals surface area contributed by atoms with Crippen molar-refractivity contribution in [3.8, 4) is 0 Å². The van der Waals surface area contributed by atoms with E-state index in [-0.39, 0.29) is 5.97 Å². The third-order valence-electron chi connectivity index (χ3n) is 3.66. The first-order valence-corrected chi connectivity index (χ1v) is 6.99. The lowest BCUT2D eigenvalue weighted by Crippen LogP contribution is -2.22. The predicted molar refractivity (Wildman–Crippen MR) is 85.5 cm³/mol. The zero-order valence-corrected chi connectivity index (χ0v) is 12.9. The summed E-state index contributed by atoms with van der Waals surface area (Å²) in [5.74, 6) is -0.293. The van der Waals surface area contributed by atoms with Gasteiger partial charge in [-0.3, -0.25) is 0 Å². The highest BCUT2D eigenvalue weighted by Gasteiger charge is 2.21. The lowest BCUT2D eigenvalue weighted by Gasteiger charge is -2.19. The number of benzene rings is 2. The summed E-state index contributed by atoms with van der Waals surface area (Å²) < 4.78 is 4.93. The summed E-state index contributed by atoms with van der Waals surface area (Å²) in [5.41, 5.74) is 5.35. The Balaban J connectivity index is 2.31. The zero-order valence-electron chi connectivity index (χ0n) is 12.9. The summed E-state index contributed by atoms with van der Waals surface area (Å²) in [6.45, 7) is 6.13. The number of methoxy groups -OCH3 is 1. The molecule has 21 heavy (non-hydrogen) atoms. The maximum Gasteiger partial charge on any atom is 0.332 e. The van der Waals surface area contributed by atoms with Gasteiger partial charge in [0.05, 0.1) is 7.11 Å². The van der Waals surface area contributed by atoms with Gasteiger partial charge in [-0.1, -0.05) is 35.9 Å². The fraction of sp³-hybridized carbons (Fsp3) is 0.278. The van der Waals surface area contributed by atoms with Crippen LogP contribution >= 0.6 is 0 Å². The van der Waals surface area contributed by atoms with Crippen molar-refractivity contribution in [2.45, 2.75) is 26.8 Å². The Morgan fingerprint density at radius 1 is 1.00 bits per heavy atom. The molecule has 0 fully saturated rings. The molecule has 0 aliphatic carbocycles. The van der Waals surface area contributed by atoms with Crippen molar-refractivity contribution < 1.29 is 9.53 Å². The smallest absolute Gasteiger partial charge is 0.332 e. The standard InChI is InChI=1S/C18H21NO2/c1-12-5-9-16(10-6-12)19-17(18(20)21-4)15-8-7-13(2)14(3)11-15/h5-11,17,19H,1-4H3. The van der Waals surface area contributed by atoms with Crippen molar-refractivity contribution in [2.75, 3.05) is 12.4 Å². The molecule has 0 aliphatic heterocycles. The van der Waals surface area contributed by atoms with Crippen LogP contribution in [0.15, 0.2) is 42.5 Å². The van der Waals surface area contributed by atoms with Crippen LogP contribution in [-0.2, 0) is 9.53 Å². The second-order valence-electron chi connectivity index (χ2n) is 5.31. The zero-order chi connectivity index (χ0) is 15.4. The number of nitrogens with one attached hydrogen (secondary N) is 1. The molecule has 0 saturated heterocycles. The summed E-state index contributed by atoms with van der Waals surface area (Å²) in [6.07, 6.45) is 0. The first-order valence-electron chi connectivity index (χ1n) is 6.99. The van der Waals surface area contributed by atoms with Gasteiger partial charge in [-0.15, -0.1) is 0 Å². The molecule has 0 amide bonds. The van der Waals surface area contributed by atoms with Gasteiger partial charge in [0.2, 0.25) is 0 Å². The van der Waals surface area contributed by atoms with E-state index in [2.05, 4.69) is 12.2 Å². The molecule has 110 valence electrons. The molecule has 3 heteroatoms. The lowest BCUT2D eigenvalue weighted by molar-refractivity contribution is -0.141. The largest absolute Gasteiger partial charge is 0.467 e. The van der Waals surface area contributed by atoms with Crippen molar-refractivity contribution in [2.24, 2.45) is 0 Å². The number of hydrogen-bond acceptors (Lipinski definition) is 3. The molecule has 2 rings (SSSR count). The quantitative estimate of drug-likeness (QED) is 0.864. The van der Waals surface area contributed by atoms with Crippen LogP contribution < -0.4 is 5.32 Å². The Morgan fingerprint density at radius 2 is 1.67 bits per heavy atom. The molecule has 0 radical (unpaired) electrons. The van der Waals surface area contributed by atoms with Crippen LogP contribution in [0.3, 0.4) is 0 Å². The van der Waals surface area contributed by atoms with Gasteiger partial charge < -0.3 is 10.1 Å². The first kappa shape index (κ1) is 15.1. The third kappa shape index (κ3) is 3.63. The van der Waals surface area contributed by atoms with E-state index in [1.807, 2.05) is 56.3 Å². The normalized spacial score (nSPS) is 11.8.